The topological polar surface area (TPSA) is 57.2 Å². The first-order chi connectivity index (χ1) is 17.6. The zero-order chi connectivity index (χ0) is 24.8. The maximum Gasteiger partial charge on any atom is 0.254 e. The van der Waals surface area contributed by atoms with Gasteiger partial charge in [-0.3, -0.25) is 4.79 Å². The van der Waals surface area contributed by atoms with Crippen LogP contribution in [-0.2, 0) is 13.0 Å². The second kappa shape index (κ2) is 8.75. The van der Waals surface area contributed by atoms with E-state index in [4.69, 9.17) is 18.9 Å². The number of hydrogen-bond acceptors (Lipinski definition) is 5. The van der Waals surface area contributed by atoms with Crippen molar-refractivity contribution in [2.45, 2.75) is 13.0 Å². The minimum atomic E-state index is -0.305. The Hall–Kier alpha value is -4.26. The van der Waals surface area contributed by atoms with Gasteiger partial charge < -0.3 is 23.8 Å². The highest BCUT2D eigenvalue weighted by molar-refractivity contribution is 6.09. The average molecular weight is 486 g/mol. The number of benzene rings is 4. The van der Waals surface area contributed by atoms with Gasteiger partial charge in [-0.1, -0.05) is 18.2 Å². The van der Waals surface area contributed by atoms with Crippen molar-refractivity contribution >= 4 is 16.7 Å². The number of nitrogens with zero attached hydrogens (tertiary/aromatic N) is 1. The molecule has 0 aromatic heterocycles. The average Bonchev–Trinajstić information content (AvgIpc) is 3.48. The number of methoxy groups -OCH3 is 2. The fourth-order valence-electron chi connectivity index (χ4n) is 5.05. The summed E-state index contributed by atoms with van der Waals surface area (Å²) in [6.45, 7) is 1.18. The van der Waals surface area contributed by atoms with E-state index in [1.165, 1.54) is 12.1 Å². The molecular weight excluding hydrogens is 461 g/mol. The zero-order valence-electron chi connectivity index (χ0n) is 20.0. The number of fused-ring (bicyclic) bond motifs is 3. The number of ether oxygens (including phenoxy) is 4. The van der Waals surface area contributed by atoms with Crippen LogP contribution in [0.2, 0.25) is 0 Å². The first-order valence-corrected chi connectivity index (χ1v) is 11.7. The first-order valence-electron chi connectivity index (χ1n) is 11.7. The predicted molar refractivity (Wildman–Crippen MR) is 133 cm³/mol. The van der Waals surface area contributed by atoms with E-state index in [0.717, 1.165) is 33.0 Å². The molecule has 0 bridgehead atoms. The van der Waals surface area contributed by atoms with Gasteiger partial charge in [0.25, 0.3) is 5.91 Å². The van der Waals surface area contributed by atoms with Crippen LogP contribution in [0.5, 0.6) is 23.0 Å². The SMILES string of the molecule is COc1ccc(CCN2Cc3c(cc4cc5c(cc4c3-c3ccc(F)cc3)OCO5)C2=O)cc1OC. The quantitative estimate of drug-likeness (QED) is 0.356. The van der Waals surface area contributed by atoms with Crippen LogP contribution in [-0.4, -0.2) is 38.4 Å². The van der Waals surface area contributed by atoms with Gasteiger partial charge in [-0.25, -0.2) is 4.39 Å². The minimum absolute atomic E-state index is 0.0200. The number of hydrogen-bond donors (Lipinski definition) is 0. The minimum Gasteiger partial charge on any atom is -0.493 e. The zero-order valence-corrected chi connectivity index (χ0v) is 20.0. The Morgan fingerprint density at radius 1 is 0.917 bits per heavy atom. The highest BCUT2D eigenvalue weighted by atomic mass is 19.1. The Bertz CT molecular complexity index is 1500. The normalized spacial score (nSPS) is 13.9. The molecule has 0 aliphatic carbocycles. The number of amides is 1. The van der Waals surface area contributed by atoms with Crippen LogP contribution in [0.3, 0.4) is 0 Å². The molecular formula is C29H24FNO5. The van der Waals surface area contributed by atoms with Gasteiger partial charge in [-0.15, -0.1) is 0 Å². The molecule has 6 nitrogen and oxygen atoms in total. The van der Waals surface area contributed by atoms with Crippen molar-refractivity contribution in [3.63, 3.8) is 0 Å². The summed E-state index contributed by atoms with van der Waals surface area (Å²) < 4.78 is 35.7. The van der Waals surface area contributed by atoms with Crippen molar-refractivity contribution in [1.82, 2.24) is 4.90 Å². The van der Waals surface area contributed by atoms with Gasteiger partial charge in [-0.2, -0.15) is 0 Å². The Morgan fingerprint density at radius 2 is 1.67 bits per heavy atom. The lowest BCUT2D eigenvalue weighted by molar-refractivity contribution is 0.0780. The monoisotopic (exact) mass is 485 g/mol. The molecule has 0 N–H and O–H groups in total. The fourth-order valence-corrected chi connectivity index (χ4v) is 5.05. The smallest absolute Gasteiger partial charge is 0.254 e. The molecule has 1 amide bonds. The standard InChI is InChI=1S/C29H24FNO5/c1-33-24-8-3-17(11-25(24)34-2)9-10-31-15-23-22(29(31)32)12-19-13-26-27(36-16-35-26)14-21(19)28(23)18-4-6-20(30)7-5-18/h3-8,11-14H,9-10,15-16H2,1-2H3. The van der Waals surface area contributed by atoms with Crippen LogP contribution in [0.25, 0.3) is 21.9 Å². The molecule has 0 spiro atoms. The molecule has 182 valence electrons. The van der Waals surface area contributed by atoms with Crippen LogP contribution in [0.1, 0.15) is 21.5 Å². The molecule has 4 aromatic rings. The first kappa shape index (κ1) is 22.2. The van der Waals surface area contributed by atoms with Gasteiger partial charge in [0.15, 0.2) is 23.0 Å². The molecule has 0 saturated heterocycles. The summed E-state index contributed by atoms with van der Waals surface area (Å²) in [5, 5.41) is 1.83. The molecule has 2 aliphatic heterocycles. The third-order valence-corrected chi connectivity index (χ3v) is 6.86. The maximum absolute atomic E-state index is 13.7. The Balaban J connectivity index is 1.38. The highest BCUT2D eigenvalue weighted by Gasteiger charge is 2.32. The summed E-state index contributed by atoms with van der Waals surface area (Å²) in [5.74, 6) is 2.33. The molecule has 0 radical (unpaired) electrons. The highest BCUT2D eigenvalue weighted by Crippen LogP contribution is 2.44. The molecule has 36 heavy (non-hydrogen) atoms. The van der Waals surface area contributed by atoms with E-state index in [0.29, 0.717) is 48.1 Å². The van der Waals surface area contributed by atoms with E-state index in [9.17, 15) is 9.18 Å². The van der Waals surface area contributed by atoms with Gasteiger partial charge in [-0.05, 0) is 81.9 Å². The van der Waals surface area contributed by atoms with Crippen molar-refractivity contribution in [2.75, 3.05) is 27.6 Å². The summed E-state index contributed by atoms with van der Waals surface area (Å²) >= 11 is 0. The fraction of sp³-hybridized carbons (Fsp3) is 0.207. The number of rotatable bonds is 6. The number of carbonyl (C=O) groups excluding carboxylic acids is 1. The molecule has 7 heteroatoms. The second-order valence-corrected chi connectivity index (χ2v) is 8.88. The van der Waals surface area contributed by atoms with E-state index in [1.54, 1.807) is 26.4 Å². The van der Waals surface area contributed by atoms with Gasteiger partial charge in [0, 0.05) is 18.7 Å². The lowest BCUT2D eigenvalue weighted by Crippen LogP contribution is -2.26. The van der Waals surface area contributed by atoms with Gasteiger partial charge in [0.05, 0.1) is 14.2 Å². The van der Waals surface area contributed by atoms with Crippen molar-refractivity contribution in [1.29, 1.82) is 0 Å². The van der Waals surface area contributed by atoms with Crippen LogP contribution < -0.4 is 18.9 Å². The number of halogens is 1. The Morgan fingerprint density at radius 3 is 2.42 bits per heavy atom. The third kappa shape index (κ3) is 3.68. The van der Waals surface area contributed by atoms with Crippen molar-refractivity contribution in [3.05, 3.63) is 83.2 Å². The van der Waals surface area contributed by atoms with Crippen LogP contribution in [0.4, 0.5) is 4.39 Å². The molecule has 0 unspecified atom stereocenters. The van der Waals surface area contributed by atoms with Crippen molar-refractivity contribution in [3.8, 4) is 34.1 Å². The van der Waals surface area contributed by atoms with Crippen LogP contribution >= 0.6 is 0 Å². The summed E-state index contributed by atoms with van der Waals surface area (Å²) in [4.78, 5) is 15.4. The lowest BCUT2D eigenvalue weighted by Gasteiger charge is -2.17. The van der Waals surface area contributed by atoms with Gasteiger partial charge in [0.2, 0.25) is 6.79 Å². The maximum atomic E-state index is 13.7. The van der Waals surface area contributed by atoms with E-state index in [1.807, 2.05) is 41.3 Å². The van der Waals surface area contributed by atoms with Crippen LogP contribution in [0.15, 0.2) is 60.7 Å². The Labute approximate surface area is 207 Å². The second-order valence-electron chi connectivity index (χ2n) is 8.88. The van der Waals surface area contributed by atoms with E-state index < -0.39 is 0 Å². The summed E-state index contributed by atoms with van der Waals surface area (Å²) in [6, 6.07) is 18.0. The van der Waals surface area contributed by atoms with Crippen molar-refractivity contribution < 1.29 is 28.1 Å². The summed E-state index contributed by atoms with van der Waals surface area (Å²) in [5.41, 5.74) is 4.42. The molecule has 2 heterocycles. The van der Waals surface area contributed by atoms with Gasteiger partial charge >= 0.3 is 0 Å². The summed E-state index contributed by atoms with van der Waals surface area (Å²) in [7, 11) is 3.21. The van der Waals surface area contributed by atoms with Crippen molar-refractivity contribution in [2.24, 2.45) is 0 Å². The number of carbonyl (C=O) groups is 1. The largest absolute Gasteiger partial charge is 0.493 e. The third-order valence-electron chi connectivity index (χ3n) is 6.86. The molecule has 0 atom stereocenters. The molecule has 0 fully saturated rings. The molecule has 2 aliphatic rings. The van der Waals surface area contributed by atoms with Gasteiger partial charge in [0.1, 0.15) is 5.82 Å². The summed E-state index contributed by atoms with van der Waals surface area (Å²) in [6.07, 6.45) is 0.668. The molecule has 4 aromatic carbocycles. The van der Waals surface area contributed by atoms with Crippen LogP contribution in [0, 0.1) is 5.82 Å². The van der Waals surface area contributed by atoms with E-state index in [2.05, 4.69) is 0 Å². The predicted octanol–water partition coefficient (Wildman–Crippen LogP) is 5.59. The van der Waals surface area contributed by atoms with E-state index >= 15 is 0 Å². The Kier molecular flexibility index (Phi) is 5.40. The van der Waals surface area contributed by atoms with E-state index in [-0.39, 0.29) is 18.5 Å². The lowest BCUT2D eigenvalue weighted by atomic mass is 9.90. The molecule has 6 rings (SSSR count). The molecule has 0 saturated carbocycles.